The number of imidazole rings is 1. The van der Waals surface area contributed by atoms with Crippen molar-refractivity contribution in [3.05, 3.63) is 48.3 Å². The number of hydrogen-bond donors (Lipinski definition) is 1. The predicted molar refractivity (Wildman–Crippen MR) is 131 cm³/mol. The molecule has 0 atom stereocenters. The van der Waals surface area contributed by atoms with Gasteiger partial charge in [-0.25, -0.2) is 33.7 Å². The first kappa shape index (κ1) is 23.0. The number of halogens is 2. The molecule has 1 aliphatic heterocycles. The molecule has 11 heteroatoms. The molecule has 0 bridgehead atoms. The Morgan fingerprint density at radius 2 is 1.74 bits per heavy atom. The molecule has 5 rings (SSSR count). The summed E-state index contributed by atoms with van der Waals surface area (Å²) < 4.78 is 32.3. The Balaban J connectivity index is 1.43. The lowest BCUT2D eigenvalue weighted by Crippen LogP contribution is -2.44. The van der Waals surface area contributed by atoms with Crippen LogP contribution >= 0.6 is 0 Å². The van der Waals surface area contributed by atoms with Crippen LogP contribution in [0.25, 0.3) is 22.3 Å². The fourth-order valence-corrected chi connectivity index (χ4v) is 4.42. The molecule has 182 valence electrons. The van der Waals surface area contributed by atoms with Crippen LogP contribution in [0.5, 0.6) is 0 Å². The number of piperazine rings is 1. The molecule has 9 nitrogen and oxygen atoms in total. The van der Waals surface area contributed by atoms with Gasteiger partial charge in [-0.2, -0.15) is 0 Å². The SMILES string of the molecule is Cc1nc2c(F)cc(-c3ncnc(Nc4cnc(N5CCN(C)CC5)cn4)c3F)cc2n1C(C)C. The summed E-state index contributed by atoms with van der Waals surface area (Å²) in [6.45, 7) is 9.46. The molecule has 1 aliphatic rings. The molecule has 1 N–H and O–H groups in total. The molecular weight excluding hydrogens is 452 g/mol. The number of nitrogens with zero attached hydrogens (tertiary/aromatic N) is 8. The minimum absolute atomic E-state index is 0.0144. The van der Waals surface area contributed by atoms with Crippen molar-refractivity contribution in [2.24, 2.45) is 0 Å². The zero-order valence-electron chi connectivity index (χ0n) is 20.1. The highest BCUT2D eigenvalue weighted by molar-refractivity contribution is 5.83. The van der Waals surface area contributed by atoms with Gasteiger partial charge in [0.25, 0.3) is 0 Å². The van der Waals surface area contributed by atoms with E-state index in [1.54, 1.807) is 18.5 Å². The first-order chi connectivity index (χ1) is 16.8. The quantitative estimate of drug-likeness (QED) is 0.461. The van der Waals surface area contributed by atoms with Gasteiger partial charge in [-0.15, -0.1) is 0 Å². The Hall–Kier alpha value is -3.73. The van der Waals surface area contributed by atoms with E-state index in [1.165, 1.54) is 12.4 Å². The van der Waals surface area contributed by atoms with Crippen LogP contribution in [0.1, 0.15) is 25.7 Å². The molecule has 0 unspecified atom stereocenters. The van der Waals surface area contributed by atoms with Crippen LogP contribution in [0.2, 0.25) is 0 Å². The maximum atomic E-state index is 15.5. The third-order valence-electron chi connectivity index (χ3n) is 6.22. The number of anilines is 3. The summed E-state index contributed by atoms with van der Waals surface area (Å²) in [6, 6.07) is 3.02. The number of aryl methyl sites for hydroxylation is 1. The first-order valence-electron chi connectivity index (χ1n) is 11.5. The lowest BCUT2D eigenvalue weighted by molar-refractivity contribution is 0.312. The highest BCUT2D eigenvalue weighted by Gasteiger charge is 2.20. The number of rotatable bonds is 5. The molecule has 1 fully saturated rings. The van der Waals surface area contributed by atoms with Gasteiger partial charge in [-0.05, 0) is 40.0 Å². The van der Waals surface area contributed by atoms with Crippen molar-refractivity contribution in [3.8, 4) is 11.3 Å². The summed E-state index contributed by atoms with van der Waals surface area (Å²) in [7, 11) is 2.09. The zero-order chi connectivity index (χ0) is 24.7. The molecule has 0 spiro atoms. The monoisotopic (exact) mass is 479 g/mol. The Kier molecular flexibility index (Phi) is 6.01. The van der Waals surface area contributed by atoms with Gasteiger partial charge in [0, 0.05) is 37.8 Å². The van der Waals surface area contributed by atoms with Gasteiger partial charge in [0.1, 0.15) is 35.0 Å². The summed E-state index contributed by atoms with van der Waals surface area (Å²) in [5.41, 5.74) is 1.13. The Morgan fingerprint density at radius 1 is 0.971 bits per heavy atom. The van der Waals surface area contributed by atoms with Gasteiger partial charge in [-0.1, -0.05) is 0 Å². The number of fused-ring (bicyclic) bond motifs is 1. The Labute approximate surface area is 201 Å². The lowest BCUT2D eigenvalue weighted by Gasteiger charge is -2.32. The number of aromatic nitrogens is 6. The van der Waals surface area contributed by atoms with E-state index in [1.807, 2.05) is 25.3 Å². The minimum atomic E-state index is -0.705. The van der Waals surface area contributed by atoms with Gasteiger partial charge in [-0.3, -0.25) is 0 Å². The number of benzene rings is 1. The van der Waals surface area contributed by atoms with Crippen molar-refractivity contribution >= 4 is 28.5 Å². The molecule has 3 aromatic heterocycles. The minimum Gasteiger partial charge on any atom is -0.353 e. The van der Waals surface area contributed by atoms with E-state index in [-0.39, 0.29) is 23.1 Å². The molecule has 4 heterocycles. The van der Waals surface area contributed by atoms with Gasteiger partial charge in [0.15, 0.2) is 17.5 Å². The third-order valence-corrected chi connectivity index (χ3v) is 6.22. The molecule has 0 amide bonds. The highest BCUT2D eigenvalue weighted by Crippen LogP contribution is 2.31. The Bertz CT molecular complexity index is 1360. The van der Waals surface area contributed by atoms with Gasteiger partial charge in [0.2, 0.25) is 0 Å². The molecule has 4 aromatic rings. The third kappa shape index (κ3) is 4.39. The largest absolute Gasteiger partial charge is 0.353 e. The average molecular weight is 480 g/mol. The molecule has 35 heavy (non-hydrogen) atoms. The summed E-state index contributed by atoms with van der Waals surface area (Å²) in [6.07, 6.45) is 4.44. The van der Waals surface area contributed by atoms with E-state index >= 15 is 4.39 Å². The van der Waals surface area contributed by atoms with E-state index in [0.717, 1.165) is 32.0 Å². The van der Waals surface area contributed by atoms with Crippen LogP contribution < -0.4 is 10.2 Å². The molecule has 1 saturated heterocycles. The van der Waals surface area contributed by atoms with Crippen LogP contribution in [0, 0.1) is 18.6 Å². The van der Waals surface area contributed by atoms with Crippen molar-refractivity contribution in [3.63, 3.8) is 0 Å². The second kappa shape index (κ2) is 9.14. The number of hydrogen-bond acceptors (Lipinski definition) is 8. The van der Waals surface area contributed by atoms with E-state index in [9.17, 15) is 4.39 Å². The van der Waals surface area contributed by atoms with Gasteiger partial charge >= 0.3 is 0 Å². The summed E-state index contributed by atoms with van der Waals surface area (Å²) in [5, 5.41) is 2.87. The van der Waals surface area contributed by atoms with Crippen LogP contribution in [0.3, 0.4) is 0 Å². The maximum Gasteiger partial charge on any atom is 0.192 e. The Morgan fingerprint density at radius 3 is 2.43 bits per heavy atom. The standard InChI is InChI=1S/C24H27F2N9/c1-14(2)35-15(3)31-23-17(25)9-16(10-18(23)35)22-21(26)24(30-13-29-22)32-19-11-28-20(12-27-19)34-7-5-33(4)6-8-34/h9-14H,5-8H2,1-4H3,(H,27,29,30,32). The van der Waals surface area contributed by atoms with E-state index in [2.05, 4.69) is 47.1 Å². The van der Waals surface area contributed by atoms with E-state index in [0.29, 0.717) is 22.7 Å². The molecule has 0 aliphatic carbocycles. The first-order valence-corrected chi connectivity index (χ1v) is 11.5. The fraction of sp³-hybridized carbons (Fsp3) is 0.375. The van der Waals surface area contributed by atoms with Gasteiger partial charge in [0.05, 0.1) is 17.9 Å². The molecule has 0 radical (unpaired) electrons. The van der Waals surface area contributed by atoms with Crippen LogP contribution in [-0.4, -0.2) is 67.6 Å². The number of likely N-dealkylation sites (N-methyl/N-ethyl adjacent to an activating group) is 1. The van der Waals surface area contributed by atoms with Crippen molar-refractivity contribution in [1.82, 2.24) is 34.4 Å². The molecular formula is C24H27F2N9. The van der Waals surface area contributed by atoms with Crippen molar-refractivity contribution in [2.45, 2.75) is 26.8 Å². The van der Waals surface area contributed by atoms with Crippen molar-refractivity contribution in [2.75, 3.05) is 43.4 Å². The summed E-state index contributed by atoms with van der Waals surface area (Å²) in [5.74, 6) is 0.511. The van der Waals surface area contributed by atoms with Gasteiger partial charge < -0.3 is 19.7 Å². The normalized spacial score (nSPS) is 14.8. The highest BCUT2D eigenvalue weighted by atomic mass is 19.1. The topological polar surface area (TPSA) is 87.9 Å². The summed E-state index contributed by atoms with van der Waals surface area (Å²) in [4.78, 5) is 25.7. The van der Waals surface area contributed by atoms with Crippen LogP contribution in [-0.2, 0) is 0 Å². The predicted octanol–water partition coefficient (Wildman–Crippen LogP) is 3.95. The lowest BCUT2D eigenvalue weighted by atomic mass is 10.1. The van der Waals surface area contributed by atoms with Crippen LogP contribution in [0.4, 0.5) is 26.2 Å². The average Bonchev–Trinajstić information content (AvgIpc) is 3.18. The van der Waals surface area contributed by atoms with E-state index in [4.69, 9.17) is 0 Å². The maximum absolute atomic E-state index is 15.5. The van der Waals surface area contributed by atoms with Crippen molar-refractivity contribution < 1.29 is 8.78 Å². The number of nitrogens with one attached hydrogen (secondary N) is 1. The molecule has 0 saturated carbocycles. The summed E-state index contributed by atoms with van der Waals surface area (Å²) >= 11 is 0. The molecule has 1 aromatic carbocycles. The smallest absolute Gasteiger partial charge is 0.192 e. The second-order valence-electron chi connectivity index (χ2n) is 9.01. The van der Waals surface area contributed by atoms with Crippen molar-refractivity contribution in [1.29, 1.82) is 0 Å². The van der Waals surface area contributed by atoms with Crippen LogP contribution in [0.15, 0.2) is 30.9 Å². The second-order valence-corrected chi connectivity index (χ2v) is 9.01. The zero-order valence-corrected chi connectivity index (χ0v) is 20.1. The fourth-order valence-electron chi connectivity index (χ4n) is 4.42. The van der Waals surface area contributed by atoms with E-state index < -0.39 is 11.6 Å².